The molecule has 1 aromatic rings. The first-order chi connectivity index (χ1) is 8.56. The average Bonchev–Trinajstić information content (AvgIpc) is 2.86. The van der Waals surface area contributed by atoms with Gasteiger partial charge in [0.1, 0.15) is 5.69 Å². The average molecular weight is 243 g/mol. The van der Waals surface area contributed by atoms with Crippen LogP contribution in [0.5, 0.6) is 0 Å². The molecule has 92 valence electrons. The summed E-state index contributed by atoms with van der Waals surface area (Å²) in [5, 5.41) is 0. The van der Waals surface area contributed by atoms with Gasteiger partial charge in [0.2, 0.25) is 5.95 Å². The van der Waals surface area contributed by atoms with Gasteiger partial charge < -0.3 is 14.9 Å². The second-order valence-electron chi connectivity index (χ2n) is 4.50. The van der Waals surface area contributed by atoms with Crippen molar-refractivity contribution >= 4 is 17.0 Å². The number of hydrogen-bond acceptors (Lipinski definition) is 4. The lowest BCUT2D eigenvalue weighted by Gasteiger charge is -2.03. The second-order valence-corrected chi connectivity index (χ2v) is 4.50. The van der Waals surface area contributed by atoms with Gasteiger partial charge in [-0.25, -0.2) is 14.8 Å². The number of aromatic amines is 2. The first-order valence-corrected chi connectivity index (χ1v) is 5.63. The number of fused-ring (bicyclic) bond motifs is 3. The number of nitrogens with one attached hydrogen (secondary N) is 2. The van der Waals surface area contributed by atoms with Crippen LogP contribution in [0.4, 0.5) is 5.95 Å². The van der Waals surface area contributed by atoms with Gasteiger partial charge in [0.05, 0.1) is 16.7 Å². The highest BCUT2D eigenvalue weighted by Crippen LogP contribution is 2.28. The van der Waals surface area contributed by atoms with Gasteiger partial charge in [-0.05, 0) is 18.6 Å². The fourth-order valence-electron chi connectivity index (χ4n) is 1.99. The molecular formula is C12H13N5O. The molecule has 0 saturated heterocycles. The maximum absolute atomic E-state index is 11.5. The van der Waals surface area contributed by atoms with E-state index in [1.807, 2.05) is 38.1 Å². The number of aromatic nitrogens is 4. The molecule has 1 aliphatic heterocycles. The Hall–Kier alpha value is -2.37. The van der Waals surface area contributed by atoms with Crippen molar-refractivity contribution in [2.75, 3.05) is 19.0 Å². The third kappa shape index (κ3) is 1.46. The van der Waals surface area contributed by atoms with Crippen LogP contribution in [-0.2, 0) is 0 Å². The van der Waals surface area contributed by atoms with Crippen molar-refractivity contribution in [2.45, 2.75) is 6.92 Å². The van der Waals surface area contributed by atoms with Gasteiger partial charge in [0.15, 0.2) is 0 Å². The Kier molecular flexibility index (Phi) is 2.13. The molecule has 1 aliphatic carbocycles. The van der Waals surface area contributed by atoms with E-state index in [1.54, 1.807) is 0 Å². The van der Waals surface area contributed by atoms with E-state index >= 15 is 0 Å². The number of anilines is 1. The third-order valence-electron chi connectivity index (χ3n) is 2.92. The molecule has 2 N–H and O–H groups in total. The number of imidazole rings is 2. The fraction of sp³-hybridized carbons (Fsp3) is 0.250. The summed E-state index contributed by atoms with van der Waals surface area (Å²) in [7, 11) is 3.77. The van der Waals surface area contributed by atoms with Crippen molar-refractivity contribution in [3.63, 3.8) is 0 Å². The molecule has 0 amide bonds. The van der Waals surface area contributed by atoms with Gasteiger partial charge in [-0.15, -0.1) is 0 Å². The van der Waals surface area contributed by atoms with Crippen molar-refractivity contribution in [3.8, 4) is 11.4 Å². The molecule has 2 heterocycles. The maximum atomic E-state index is 11.5. The first kappa shape index (κ1) is 10.8. The Morgan fingerprint density at radius 3 is 2.56 bits per heavy atom. The monoisotopic (exact) mass is 243 g/mol. The highest BCUT2D eigenvalue weighted by atomic mass is 16.1. The summed E-state index contributed by atoms with van der Waals surface area (Å²) in [6.45, 7) is 1.94. The summed E-state index contributed by atoms with van der Waals surface area (Å²) in [6, 6.07) is 3.85. The Morgan fingerprint density at radius 2 is 1.83 bits per heavy atom. The molecule has 0 atom stereocenters. The predicted molar refractivity (Wildman–Crippen MR) is 70.2 cm³/mol. The van der Waals surface area contributed by atoms with Gasteiger partial charge >= 0.3 is 5.69 Å². The molecule has 0 aromatic carbocycles. The lowest BCUT2D eigenvalue weighted by atomic mass is 10.3. The summed E-state index contributed by atoms with van der Waals surface area (Å²) in [6.07, 6.45) is 0. The van der Waals surface area contributed by atoms with Crippen LogP contribution in [0.1, 0.15) is 5.56 Å². The van der Waals surface area contributed by atoms with Crippen molar-refractivity contribution in [1.29, 1.82) is 0 Å². The van der Waals surface area contributed by atoms with E-state index in [0.29, 0.717) is 17.2 Å². The Labute approximate surface area is 103 Å². The zero-order valence-corrected chi connectivity index (χ0v) is 10.4. The fourth-order valence-corrected chi connectivity index (χ4v) is 1.99. The van der Waals surface area contributed by atoms with Gasteiger partial charge in [0, 0.05) is 14.1 Å². The SMILES string of the molecule is Cc1ccc2nc(N(C)C)nc-2c2[nH]c(=O)[nH]c12. The molecule has 0 unspecified atom stereocenters. The number of aryl methyl sites for hydroxylation is 1. The van der Waals surface area contributed by atoms with Gasteiger partial charge in [-0.1, -0.05) is 6.07 Å². The number of rotatable bonds is 1. The van der Waals surface area contributed by atoms with Crippen molar-refractivity contribution in [2.24, 2.45) is 0 Å². The molecule has 0 saturated carbocycles. The van der Waals surface area contributed by atoms with Crippen LogP contribution in [0.2, 0.25) is 0 Å². The third-order valence-corrected chi connectivity index (χ3v) is 2.92. The number of H-pyrrole nitrogens is 2. The topological polar surface area (TPSA) is 77.7 Å². The molecule has 0 fully saturated rings. The van der Waals surface area contributed by atoms with Gasteiger partial charge in [-0.3, -0.25) is 0 Å². The molecule has 1 aromatic heterocycles. The highest BCUT2D eigenvalue weighted by Gasteiger charge is 2.16. The zero-order chi connectivity index (χ0) is 12.9. The molecule has 18 heavy (non-hydrogen) atoms. The van der Waals surface area contributed by atoms with Crippen molar-refractivity contribution in [1.82, 2.24) is 19.9 Å². The van der Waals surface area contributed by atoms with Crippen molar-refractivity contribution < 1.29 is 0 Å². The molecule has 0 bridgehead atoms. The van der Waals surface area contributed by atoms with Crippen LogP contribution in [0.15, 0.2) is 16.9 Å². The molecular weight excluding hydrogens is 230 g/mol. The van der Waals surface area contributed by atoms with Crippen LogP contribution in [0.25, 0.3) is 22.4 Å². The molecule has 6 heteroatoms. The minimum absolute atomic E-state index is 0.227. The molecule has 6 nitrogen and oxygen atoms in total. The van der Waals surface area contributed by atoms with Crippen molar-refractivity contribution in [3.05, 3.63) is 28.2 Å². The van der Waals surface area contributed by atoms with E-state index < -0.39 is 0 Å². The number of hydrogen-bond donors (Lipinski definition) is 2. The first-order valence-electron chi connectivity index (χ1n) is 5.63. The summed E-state index contributed by atoms with van der Waals surface area (Å²) in [5.41, 5.74) is 3.72. The van der Waals surface area contributed by atoms with E-state index in [1.165, 1.54) is 0 Å². The Bertz CT molecular complexity index is 755. The highest BCUT2D eigenvalue weighted by molar-refractivity contribution is 5.91. The molecule has 0 radical (unpaired) electrons. The lowest BCUT2D eigenvalue weighted by Crippen LogP contribution is -2.09. The van der Waals surface area contributed by atoms with Crippen LogP contribution in [-0.4, -0.2) is 34.0 Å². The summed E-state index contributed by atoms with van der Waals surface area (Å²) < 4.78 is 0. The predicted octanol–water partition coefficient (Wildman–Crippen LogP) is 1.13. The summed E-state index contributed by atoms with van der Waals surface area (Å²) in [4.78, 5) is 27.8. The van der Waals surface area contributed by atoms with Crippen LogP contribution in [0.3, 0.4) is 0 Å². The number of nitrogens with zero attached hydrogens (tertiary/aromatic N) is 3. The largest absolute Gasteiger partial charge is 0.347 e. The second kappa shape index (κ2) is 3.56. The Balaban J connectivity index is 2.47. The van der Waals surface area contributed by atoms with E-state index in [4.69, 9.17) is 0 Å². The smallest absolute Gasteiger partial charge is 0.323 e. The lowest BCUT2D eigenvalue weighted by molar-refractivity contribution is 1.04. The van der Waals surface area contributed by atoms with E-state index in [-0.39, 0.29) is 5.69 Å². The van der Waals surface area contributed by atoms with Gasteiger partial charge in [0.25, 0.3) is 0 Å². The maximum Gasteiger partial charge on any atom is 0.323 e. The zero-order valence-electron chi connectivity index (χ0n) is 10.4. The van der Waals surface area contributed by atoms with Crippen LogP contribution >= 0.6 is 0 Å². The molecule has 0 spiro atoms. The Morgan fingerprint density at radius 1 is 1.11 bits per heavy atom. The minimum Gasteiger partial charge on any atom is -0.347 e. The van der Waals surface area contributed by atoms with E-state index in [0.717, 1.165) is 16.8 Å². The normalized spacial score (nSPS) is 11.3. The van der Waals surface area contributed by atoms with E-state index in [2.05, 4.69) is 19.9 Å². The molecule has 2 aliphatic rings. The quantitative estimate of drug-likeness (QED) is 0.671. The van der Waals surface area contributed by atoms with E-state index in [9.17, 15) is 4.79 Å². The van der Waals surface area contributed by atoms with Gasteiger partial charge in [-0.2, -0.15) is 0 Å². The minimum atomic E-state index is -0.227. The van der Waals surface area contributed by atoms with Crippen LogP contribution in [0, 0.1) is 6.92 Å². The van der Waals surface area contributed by atoms with Crippen LogP contribution < -0.4 is 10.6 Å². The summed E-state index contributed by atoms with van der Waals surface area (Å²) in [5.74, 6) is 0.636. The molecule has 3 rings (SSSR count). The summed E-state index contributed by atoms with van der Waals surface area (Å²) >= 11 is 0. The standard InChI is InChI=1S/C12H13N5O/c1-6-4-5-7-9(14-11(13-7)17(2)3)10-8(6)15-12(18)16-10/h4-5H,1-3H3,(H2,15,16,18).